The van der Waals surface area contributed by atoms with Gasteiger partial charge in [-0.25, -0.2) is 19.9 Å². The fourth-order valence-electron chi connectivity index (χ4n) is 4.13. The summed E-state index contributed by atoms with van der Waals surface area (Å²) in [6.07, 6.45) is 7.55. The molecule has 0 saturated carbocycles. The van der Waals surface area contributed by atoms with Gasteiger partial charge in [0.25, 0.3) is 0 Å². The Labute approximate surface area is 175 Å². The number of hydrogen-bond donors (Lipinski definition) is 0. The van der Waals surface area contributed by atoms with Crippen molar-refractivity contribution < 1.29 is 9.26 Å². The lowest BCUT2D eigenvalue weighted by molar-refractivity contribution is 0.122. The summed E-state index contributed by atoms with van der Waals surface area (Å²) in [6, 6.07) is 3.78. The summed E-state index contributed by atoms with van der Waals surface area (Å²) in [6.45, 7) is 6.67. The number of aromatic nitrogens is 5. The second kappa shape index (κ2) is 8.35. The van der Waals surface area contributed by atoms with Gasteiger partial charge in [-0.1, -0.05) is 5.16 Å². The van der Waals surface area contributed by atoms with Crippen molar-refractivity contribution in [3.05, 3.63) is 42.1 Å². The Kier molecular flexibility index (Phi) is 5.27. The molecule has 3 aromatic rings. The predicted molar refractivity (Wildman–Crippen MR) is 112 cm³/mol. The van der Waals surface area contributed by atoms with Crippen molar-refractivity contribution in [1.29, 1.82) is 0 Å². The van der Waals surface area contributed by atoms with Crippen LogP contribution in [-0.4, -0.2) is 64.5 Å². The zero-order valence-electron chi connectivity index (χ0n) is 17.1. The standard InChI is InChI=1S/C21H25N7O2/c1-15-12-18(30-26-15)17-13-24-21(27-8-10-29-11-9-27)25-19(17)16-4-2-7-28(14-16)20-22-5-3-6-23-20/h3,5-6,12-13,16H,2,4,7-11,14H2,1H3/t16-/m1/s1. The van der Waals surface area contributed by atoms with Crippen molar-refractivity contribution in [2.75, 3.05) is 49.2 Å². The van der Waals surface area contributed by atoms with Crippen LogP contribution in [-0.2, 0) is 4.74 Å². The van der Waals surface area contributed by atoms with Crippen LogP contribution < -0.4 is 9.80 Å². The summed E-state index contributed by atoms with van der Waals surface area (Å²) in [5.74, 6) is 2.46. The summed E-state index contributed by atoms with van der Waals surface area (Å²) < 4.78 is 11.1. The molecule has 0 spiro atoms. The average molecular weight is 407 g/mol. The molecule has 0 unspecified atom stereocenters. The fraction of sp³-hybridized carbons (Fsp3) is 0.476. The van der Waals surface area contributed by atoms with Gasteiger partial charge in [-0.3, -0.25) is 0 Å². The number of nitrogens with zero attached hydrogens (tertiary/aromatic N) is 7. The third kappa shape index (κ3) is 3.85. The van der Waals surface area contributed by atoms with Crippen LogP contribution in [0.3, 0.4) is 0 Å². The van der Waals surface area contributed by atoms with E-state index in [1.807, 2.05) is 25.3 Å². The zero-order valence-corrected chi connectivity index (χ0v) is 17.1. The fourth-order valence-corrected chi connectivity index (χ4v) is 4.13. The van der Waals surface area contributed by atoms with Gasteiger partial charge < -0.3 is 19.1 Å². The van der Waals surface area contributed by atoms with Crippen molar-refractivity contribution in [1.82, 2.24) is 25.1 Å². The normalized spacial score (nSPS) is 19.8. The molecule has 156 valence electrons. The summed E-state index contributed by atoms with van der Waals surface area (Å²) in [5.41, 5.74) is 2.76. The lowest BCUT2D eigenvalue weighted by Crippen LogP contribution is -2.38. The van der Waals surface area contributed by atoms with Gasteiger partial charge in [0.1, 0.15) is 0 Å². The molecule has 2 saturated heterocycles. The van der Waals surface area contributed by atoms with E-state index >= 15 is 0 Å². The third-order valence-corrected chi connectivity index (χ3v) is 5.64. The van der Waals surface area contributed by atoms with Crippen LogP contribution in [0.4, 0.5) is 11.9 Å². The summed E-state index contributed by atoms with van der Waals surface area (Å²) in [4.78, 5) is 23.0. The van der Waals surface area contributed by atoms with E-state index in [2.05, 4.69) is 29.9 Å². The van der Waals surface area contributed by atoms with Crippen LogP contribution >= 0.6 is 0 Å². The van der Waals surface area contributed by atoms with Crippen LogP contribution in [0.5, 0.6) is 0 Å². The van der Waals surface area contributed by atoms with E-state index in [1.165, 1.54) is 0 Å². The van der Waals surface area contributed by atoms with Gasteiger partial charge in [-0.15, -0.1) is 0 Å². The molecule has 2 aliphatic rings. The van der Waals surface area contributed by atoms with E-state index in [9.17, 15) is 0 Å². The number of ether oxygens (including phenoxy) is 1. The SMILES string of the molecule is Cc1cc(-c2cnc(N3CCOCC3)nc2[C@@H]2CCCN(c3ncccn3)C2)on1. The second-order valence-electron chi connectivity index (χ2n) is 7.73. The highest BCUT2D eigenvalue weighted by atomic mass is 16.5. The minimum atomic E-state index is 0.228. The Balaban J connectivity index is 1.50. The summed E-state index contributed by atoms with van der Waals surface area (Å²) >= 11 is 0. The monoisotopic (exact) mass is 407 g/mol. The molecule has 9 heteroatoms. The average Bonchev–Trinajstić information content (AvgIpc) is 3.26. The minimum Gasteiger partial charge on any atom is -0.378 e. The molecule has 9 nitrogen and oxygen atoms in total. The lowest BCUT2D eigenvalue weighted by Gasteiger charge is -2.33. The molecule has 0 aliphatic carbocycles. The van der Waals surface area contributed by atoms with Crippen molar-refractivity contribution in [3.8, 4) is 11.3 Å². The van der Waals surface area contributed by atoms with Gasteiger partial charge in [0.2, 0.25) is 11.9 Å². The minimum absolute atomic E-state index is 0.228. The maximum Gasteiger partial charge on any atom is 0.225 e. The van der Waals surface area contributed by atoms with E-state index in [4.69, 9.17) is 14.2 Å². The molecule has 1 atom stereocenters. The molecule has 0 N–H and O–H groups in total. The van der Waals surface area contributed by atoms with Crippen molar-refractivity contribution in [3.63, 3.8) is 0 Å². The highest BCUT2D eigenvalue weighted by Crippen LogP contribution is 2.35. The Bertz CT molecular complexity index is 988. The number of anilines is 2. The van der Waals surface area contributed by atoms with Crippen LogP contribution in [0.25, 0.3) is 11.3 Å². The third-order valence-electron chi connectivity index (χ3n) is 5.64. The summed E-state index contributed by atoms with van der Waals surface area (Å²) in [5, 5.41) is 4.07. The molecule has 30 heavy (non-hydrogen) atoms. The van der Waals surface area contributed by atoms with E-state index in [1.54, 1.807) is 12.4 Å². The number of piperidine rings is 1. The predicted octanol–water partition coefficient (Wildman–Crippen LogP) is 2.45. The Hall–Kier alpha value is -3.07. The van der Waals surface area contributed by atoms with Crippen LogP contribution in [0.2, 0.25) is 0 Å². The van der Waals surface area contributed by atoms with Crippen molar-refractivity contribution in [2.45, 2.75) is 25.7 Å². The topological polar surface area (TPSA) is 93.3 Å². The molecule has 0 radical (unpaired) electrons. The molecule has 0 amide bonds. The van der Waals surface area contributed by atoms with Gasteiger partial charge in [0.05, 0.1) is 30.2 Å². The first-order chi connectivity index (χ1) is 14.8. The van der Waals surface area contributed by atoms with Gasteiger partial charge in [-0.05, 0) is 25.8 Å². The lowest BCUT2D eigenvalue weighted by atomic mass is 9.91. The zero-order chi connectivity index (χ0) is 20.3. The number of rotatable bonds is 4. The van der Waals surface area contributed by atoms with Gasteiger partial charge in [-0.2, -0.15) is 0 Å². The van der Waals surface area contributed by atoms with Gasteiger partial charge >= 0.3 is 0 Å². The first-order valence-electron chi connectivity index (χ1n) is 10.4. The number of hydrogen-bond acceptors (Lipinski definition) is 9. The maximum atomic E-state index is 5.58. The highest BCUT2D eigenvalue weighted by molar-refractivity contribution is 5.62. The van der Waals surface area contributed by atoms with Crippen LogP contribution in [0.15, 0.2) is 35.2 Å². The van der Waals surface area contributed by atoms with Crippen molar-refractivity contribution >= 4 is 11.9 Å². The Morgan fingerprint density at radius 3 is 2.60 bits per heavy atom. The van der Waals surface area contributed by atoms with E-state index in [0.29, 0.717) is 19.0 Å². The second-order valence-corrected chi connectivity index (χ2v) is 7.73. The summed E-state index contributed by atoms with van der Waals surface area (Å²) in [7, 11) is 0. The molecule has 5 heterocycles. The molecule has 2 aliphatic heterocycles. The Morgan fingerprint density at radius 2 is 1.83 bits per heavy atom. The number of morpholine rings is 1. The molecule has 0 bridgehead atoms. The Morgan fingerprint density at radius 1 is 1.00 bits per heavy atom. The smallest absolute Gasteiger partial charge is 0.225 e. The highest BCUT2D eigenvalue weighted by Gasteiger charge is 2.29. The molecule has 0 aromatic carbocycles. The first-order valence-corrected chi connectivity index (χ1v) is 10.4. The quantitative estimate of drug-likeness (QED) is 0.646. The van der Waals surface area contributed by atoms with Gasteiger partial charge in [0.15, 0.2) is 5.76 Å². The number of aryl methyl sites for hydroxylation is 1. The molecule has 5 rings (SSSR count). The largest absolute Gasteiger partial charge is 0.378 e. The molecular formula is C21H25N7O2. The van der Waals surface area contributed by atoms with Gasteiger partial charge in [0, 0.05) is 56.8 Å². The molecule has 2 fully saturated rings. The first kappa shape index (κ1) is 18.9. The molecular weight excluding hydrogens is 382 g/mol. The van der Waals surface area contributed by atoms with E-state index in [-0.39, 0.29) is 5.92 Å². The van der Waals surface area contributed by atoms with Crippen LogP contribution in [0, 0.1) is 6.92 Å². The van der Waals surface area contributed by atoms with E-state index in [0.717, 1.165) is 67.9 Å². The van der Waals surface area contributed by atoms with E-state index < -0.39 is 0 Å². The van der Waals surface area contributed by atoms with Crippen LogP contribution in [0.1, 0.15) is 30.1 Å². The van der Waals surface area contributed by atoms with Crippen molar-refractivity contribution in [2.24, 2.45) is 0 Å². The maximum absolute atomic E-state index is 5.58. The molecule has 3 aromatic heterocycles.